The minimum absolute atomic E-state index is 0.161. The summed E-state index contributed by atoms with van der Waals surface area (Å²) in [4.78, 5) is 15.0. The minimum atomic E-state index is -1.63. The first kappa shape index (κ1) is 13.6. The number of aliphatic carboxylic acids is 1. The average molecular weight is 241 g/mol. The minimum Gasteiger partial charge on any atom is -0.481 e. The number of carboxylic acids is 1. The third-order valence-electron chi connectivity index (χ3n) is 3.23. The lowest BCUT2D eigenvalue weighted by Crippen LogP contribution is -2.47. The van der Waals surface area contributed by atoms with Gasteiger partial charge in [-0.05, 0) is 32.4 Å². The Bertz CT molecular complexity index is 416. The van der Waals surface area contributed by atoms with Gasteiger partial charge in [-0.25, -0.2) is 4.39 Å². The van der Waals surface area contributed by atoms with Crippen LogP contribution >= 0.6 is 0 Å². The molecular weight excluding hydrogens is 225 g/mol. The van der Waals surface area contributed by atoms with E-state index in [2.05, 4.69) is 4.98 Å². The van der Waals surface area contributed by atoms with Gasteiger partial charge >= 0.3 is 5.97 Å². The molecule has 0 aromatic carbocycles. The van der Waals surface area contributed by atoms with Gasteiger partial charge in [-0.1, -0.05) is 6.92 Å². The Morgan fingerprint density at radius 3 is 2.41 bits per heavy atom. The van der Waals surface area contributed by atoms with Gasteiger partial charge in [-0.15, -0.1) is 0 Å². The SMILES string of the molecule is CCC(O)(c1ccc(F)cn1)C(C)(C)C(=O)O. The second-order valence-corrected chi connectivity index (χ2v) is 4.51. The molecule has 0 radical (unpaired) electrons. The number of nitrogens with zero attached hydrogens (tertiary/aromatic N) is 1. The normalized spacial score (nSPS) is 15.4. The van der Waals surface area contributed by atoms with Gasteiger partial charge in [-0.3, -0.25) is 9.78 Å². The molecule has 1 rings (SSSR count). The number of hydrogen-bond donors (Lipinski definition) is 2. The van der Waals surface area contributed by atoms with Crippen LogP contribution < -0.4 is 0 Å². The summed E-state index contributed by atoms with van der Waals surface area (Å²) < 4.78 is 12.8. The summed E-state index contributed by atoms with van der Waals surface area (Å²) in [5, 5.41) is 19.7. The van der Waals surface area contributed by atoms with E-state index in [0.717, 1.165) is 12.3 Å². The Kier molecular flexibility index (Phi) is 3.52. The lowest BCUT2D eigenvalue weighted by atomic mass is 9.71. The van der Waals surface area contributed by atoms with E-state index < -0.39 is 22.8 Å². The number of halogens is 1. The smallest absolute Gasteiger partial charge is 0.312 e. The molecule has 94 valence electrons. The Morgan fingerprint density at radius 1 is 1.47 bits per heavy atom. The average Bonchev–Trinajstić information content (AvgIpc) is 2.28. The first-order valence-electron chi connectivity index (χ1n) is 5.33. The number of rotatable bonds is 4. The van der Waals surface area contributed by atoms with Crippen molar-refractivity contribution >= 4 is 5.97 Å². The van der Waals surface area contributed by atoms with Crippen LogP contribution in [0.3, 0.4) is 0 Å². The standard InChI is InChI=1S/C12H16FNO3/c1-4-12(17,11(2,3)10(15)16)9-6-5-8(13)7-14-9/h5-7,17H,4H2,1-3H3,(H,15,16). The monoisotopic (exact) mass is 241 g/mol. The number of carboxylic acid groups (broad SMARTS) is 1. The predicted octanol–water partition coefficient (Wildman–Crippen LogP) is 1.93. The molecule has 17 heavy (non-hydrogen) atoms. The quantitative estimate of drug-likeness (QED) is 0.845. The zero-order valence-corrected chi connectivity index (χ0v) is 10.1. The zero-order valence-electron chi connectivity index (χ0n) is 10.1. The maximum absolute atomic E-state index is 12.8. The molecule has 0 spiro atoms. The Hall–Kier alpha value is -1.49. The highest BCUT2D eigenvalue weighted by molar-refractivity contribution is 5.75. The van der Waals surface area contributed by atoms with Crippen LogP contribution in [0.1, 0.15) is 32.9 Å². The lowest BCUT2D eigenvalue weighted by Gasteiger charge is -2.38. The van der Waals surface area contributed by atoms with Gasteiger partial charge in [0.15, 0.2) is 0 Å². The molecule has 0 aliphatic heterocycles. The Labute approximate surface area is 99.1 Å². The largest absolute Gasteiger partial charge is 0.481 e. The highest BCUT2D eigenvalue weighted by atomic mass is 19.1. The first-order chi connectivity index (χ1) is 7.75. The molecule has 1 aromatic heterocycles. The summed E-state index contributed by atoms with van der Waals surface area (Å²) in [6, 6.07) is 2.46. The molecule has 1 atom stereocenters. The van der Waals surface area contributed by atoms with E-state index in [9.17, 15) is 14.3 Å². The molecule has 0 fully saturated rings. The molecule has 2 N–H and O–H groups in total. The molecular formula is C12H16FNO3. The predicted molar refractivity (Wildman–Crippen MR) is 59.8 cm³/mol. The third kappa shape index (κ3) is 2.15. The van der Waals surface area contributed by atoms with E-state index in [1.54, 1.807) is 6.92 Å². The summed E-state index contributed by atoms with van der Waals surface area (Å²) in [5.74, 6) is -1.66. The van der Waals surface area contributed by atoms with Crippen LogP contribution in [0, 0.1) is 11.2 Å². The van der Waals surface area contributed by atoms with Crippen molar-refractivity contribution in [2.24, 2.45) is 5.41 Å². The highest BCUT2D eigenvalue weighted by Gasteiger charge is 2.50. The maximum Gasteiger partial charge on any atom is 0.312 e. The van der Waals surface area contributed by atoms with Gasteiger partial charge in [0, 0.05) is 0 Å². The van der Waals surface area contributed by atoms with E-state index in [1.807, 2.05) is 0 Å². The first-order valence-corrected chi connectivity index (χ1v) is 5.33. The van der Waals surface area contributed by atoms with E-state index in [-0.39, 0.29) is 12.1 Å². The molecule has 1 aromatic rings. The zero-order chi connectivity index (χ0) is 13.3. The number of aliphatic hydroxyl groups is 1. The third-order valence-corrected chi connectivity index (χ3v) is 3.23. The summed E-state index contributed by atoms with van der Waals surface area (Å²) in [6.07, 6.45) is 1.14. The van der Waals surface area contributed by atoms with Crippen molar-refractivity contribution in [1.82, 2.24) is 4.98 Å². The molecule has 0 aliphatic carbocycles. The number of carbonyl (C=O) groups is 1. The Balaban J connectivity index is 3.30. The fraction of sp³-hybridized carbons (Fsp3) is 0.500. The molecule has 1 heterocycles. The summed E-state index contributed by atoms with van der Waals surface area (Å²) >= 11 is 0. The van der Waals surface area contributed by atoms with Gasteiger partial charge in [0.25, 0.3) is 0 Å². The fourth-order valence-corrected chi connectivity index (χ4v) is 1.74. The van der Waals surface area contributed by atoms with E-state index in [1.165, 1.54) is 19.9 Å². The summed E-state index contributed by atoms with van der Waals surface area (Å²) in [6.45, 7) is 4.50. The van der Waals surface area contributed by atoms with Gasteiger partial charge in [-0.2, -0.15) is 0 Å². The van der Waals surface area contributed by atoms with Crippen molar-refractivity contribution < 1.29 is 19.4 Å². The topological polar surface area (TPSA) is 70.4 Å². The van der Waals surface area contributed by atoms with Crippen molar-refractivity contribution in [1.29, 1.82) is 0 Å². The molecule has 0 saturated carbocycles. The molecule has 5 heteroatoms. The summed E-state index contributed by atoms with van der Waals surface area (Å²) in [7, 11) is 0. The molecule has 4 nitrogen and oxygen atoms in total. The maximum atomic E-state index is 12.8. The van der Waals surface area contributed by atoms with Crippen LogP contribution in [0.15, 0.2) is 18.3 Å². The molecule has 0 bridgehead atoms. The van der Waals surface area contributed by atoms with E-state index in [4.69, 9.17) is 5.11 Å². The van der Waals surface area contributed by atoms with Crippen molar-refractivity contribution in [3.8, 4) is 0 Å². The lowest BCUT2D eigenvalue weighted by molar-refractivity contribution is -0.167. The molecule has 1 unspecified atom stereocenters. The van der Waals surface area contributed by atoms with Crippen LogP contribution in [0.5, 0.6) is 0 Å². The Morgan fingerprint density at radius 2 is 2.06 bits per heavy atom. The van der Waals surface area contributed by atoms with Gasteiger partial charge in [0.1, 0.15) is 11.4 Å². The van der Waals surface area contributed by atoms with Crippen molar-refractivity contribution in [2.75, 3.05) is 0 Å². The molecule has 0 aliphatic rings. The fourth-order valence-electron chi connectivity index (χ4n) is 1.74. The highest BCUT2D eigenvalue weighted by Crippen LogP contribution is 2.41. The number of pyridine rings is 1. The van der Waals surface area contributed by atoms with Gasteiger partial charge < -0.3 is 10.2 Å². The van der Waals surface area contributed by atoms with E-state index in [0.29, 0.717) is 0 Å². The van der Waals surface area contributed by atoms with Crippen molar-refractivity contribution in [3.05, 3.63) is 29.8 Å². The van der Waals surface area contributed by atoms with Crippen LogP contribution in [-0.4, -0.2) is 21.2 Å². The van der Waals surface area contributed by atoms with Gasteiger partial charge in [0.05, 0.1) is 17.3 Å². The van der Waals surface area contributed by atoms with E-state index >= 15 is 0 Å². The van der Waals surface area contributed by atoms with Crippen LogP contribution in [0.25, 0.3) is 0 Å². The van der Waals surface area contributed by atoms with Crippen LogP contribution in [-0.2, 0) is 10.4 Å². The molecule has 0 amide bonds. The van der Waals surface area contributed by atoms with Crippen molar-refractivity contribution in [3.63, 3.8) is 0 Å². The number of hydrogen-bond acceptors (Lipinski definition) is 3. The summed E-state index contributed by atoms with van der Waals surface area (Å²) in [5.41, 5.74) is -2.88. The second kappa shape index (κ2) is 4.41. The van der Waals surface area contributed by atoms with Gasteiger partial charge in [0.2, 0.25) is 0 Å². The molecule has 0 saturated heterocycles. The number of aromatic nitrogens is 1. The van der Waals surface area contributed by atoms with Crippen molar-refractivity contribution in [2.45, 2.75) is 32.8 Å². The van der Waals surface area contributed by atoms with Crippen LogP contribution in [0.2, 0.25) is 0 Å². The van der Waals surface area contributed by atoms with Crippen LogP contribution in [0.4, 0.5) is 4.39 Å². The second-order valence-electron chi connectivity index (χ2n) is 4.51.